The first-order chi connectivity index (χ1) is 5.68. The summed E-state index contributed by atoms with van der Waals surface area (Å²) < 4.78 is 1.71. The van der Waals surface area contributed by atoms with E-state index in [1.807, 2.05) is 6.07 Å². The van der Waals surface area contributed by atoms with Crippen LogP contribution in [0.2, 0.25) is 0 Å². The Morgan fingerprint density at radius 2 is 2.42 bits per heavy atom. The van der Waals surface area contributed by atoms with Crippen molar-refractivity contribution in [2.75, 3.05) is 0 Å². The summed E-state index contributed by atoms with van der Waals surface area (Å²) in [7, 11) is 0. The smallest absolute Gasteiger partial charge is 0.271 e. The van der Waals surface area contributed by atoms with Crippen LogP contribution in [0.5, 0.6) is 0 Å². The second-order valence-corrected chi connectivity index (χ2v) is 3.27. The molecule has 2 rings (SSSR count). The molecule has 0 radical (unpaired) electrons. The third-order valence-corrected chi connectivity index (χ3v) is 2.01. The van der Waals surface area contributed by atoms with Crippen molar-refractivity contribution in [1.82, 2.24) is 15.1 Å². The zero-order valence-corrected chi connectivity index (χ0v) is 7.16. The highest BCUT2D eigenvalue weighted by Gasteiger charge is 2.21. The van der Waals surface area contributed by atoms with Crippen molar-refractivity contribution in [1.29, 1.82) is 0 Å². The summed E-state index contributed by atoms with van der Waals surface area (Å²) >= 11 is 0. The van der Waals surface area contributed by atoms with Gasteiger partial charge in [0.1, 0.15) is 12.4 Å². The molecule has 0 saturated carbocycles. The van der Waals surface area contributed by atoms with E-state index in [0.717, 1.165) is 5.69 Å². The van der Waals surface area contributed by atoms with Crippen molar-refractivity contribution >= 4 is 5.91 Å². The number of fused-ring (bicyclic) bond motifs is 1. The highest BCUT2D eigenvalue weighted by molar-refractivity contribution is 5.94. The fraction of sp³-hybridized carbons (Fsp3) is 0.500. The van der Waals surface area contributed by atoms with Gasteiger partial charge >= 0.3 is 0 Å². The van der Waals surface area contributed by atoms with E-state index in [0.29, 0.717) is 18.3 Å². The molecule has 0 saturated heterocycles. The first-order valence-corrected chi connectivity index (χ1v) is 4.04. The topological polar surface area (TPSA) is 46.9 Å². The highest BCUT2D eigenvalue weighted by Crippen LogP contribution is 2.16. The molecule has 4 heteroatoms. The summed E-state index contributed by atoms with van der Waals surface area (Å²) in [6.07, 6.45) is 0. The number of amides is 1. The van der Waals surface area contributed by atoms with E-state index in [9.17, 15) is 4.79 Å². The third-order valence-electron chi connectivity index (χ3n) is 2.01. The van der Waals surface area contributed by atoms with Crippen molar-refractivity contribution in [3.8, 4) is 0 Å². The number of carbonyl (C=O) groups is 1. The Balaban J connectivity index is 2.43. The molecule has 0 atom stereocenters. The van der Waals surface area contributed by atoms with Crippen LogP contribution < -0.4 is 5.32 Å². The molecule has 2 heterocycles. The van der Waals surface area contributed by atoms with Crippen LogP contribution >= 0.6 is 0 Å². The molecule has 0 bridgehead atoms. The van der Waals surface area contributed by atoms with E-state index >= 15 is 0 Å². The standard InChI is InChI=1S/C8H11N3O/c1-5(2)6-3-7-8(12)9-4-11(7)10-6/h3,5H,4H2,1-2H3,(H,9,12). The highest BCUT2D eigenvalue weighted by atomic mass is 16.2. The van der Waals surface area contributed by atoms with Crippen molar-refractivity contribution < 1.29 is 4.79 Å². The van der Waals surface area contributed by atoms with Crippen molar-refractivity contribution in [3.63, 3.8) is 0 Å². The largest absolute Gasteiger partial charge is 0.331 e. The Morgan fingerprint density at radius 3 is 3.00 bits per heavy atom. The Morgan fingerprint density at radius 1 is 1.67 bits per heavy atom. The summed E-state index contributed by atoms with van der Waals surface area (Å²) in [5.41, 5.74) is 1.67. The van der Waals surface area contributed by atoms with Gasteiger partial charge in [0.15, 0.2) is 0 Å². The predicted octanol–water partition coefficient (Wildman–Crippen LogP) is 0.707. The van der Waals surface area contributed by atoms with Gasteiger partial charge in [-0.3, -0.25) is 4.79 Å². The Kier molecular flexibility index (Phi) is 1.43. The van der Waals surface area contributed by atoms with Gasteiger partial charge in [0.2, 0.25) is 0 Å². The van der Waals surface area contributed by atoms with Gasteiger partial charge in [-0.15, -0.1) is 0 Å². The number of hydrogen-bond donors (Lipinski definition) is 1. The van der Waals surface area contributed by atoms with Gasteiger partial charge in [-0.1, -0.05) is 13.8 Å². The average molecular weight is 165 g/mol. The van der Waals surface area contributed by atoms with E-state index < -0.39 is 0 Å². The molecule has 0 fully saturated rings. The van der Waals surface area contributed by atoms with Crippen LogP contribution in [0.4, 0.5) is 0 Å². The fourth-order valence-electron chi connectivity index (χ4n) is 1.26. The summed E-state index contributed by atoms with van der Waals surface area (Å²) in [6.45, 7) is 4.65. The molecule has 0 aromatic carbocycles. The molecule has 64 valence electrons. The van der Waals surface area contributed by atoms with Crippen LogP contribution in [0.3, 0.4) is 0 Å². The molecule has 1 aromatic rings. The summed E-state index contributed by atoms with van der Waals surface area (Å²) in [5.74, 6) is 0.366. The number of hydrogen-bond acceptors (Lipinski definition) is 2. The molecule has 1 amide bonds. The lowest BCUT2D eigenvalue weighted by molar-refractivity contribution is 0.0965. The van der Waals surface area contributed by atoms with E-state index in [-0.39, 0.29) is 5.91 Å². The summed E-state index contributed by atoms with van der Waals surface area (Å²) in [6, 6.07) is 1.85. The molecule has 0 unspecified atom stereocenters. The Bertz CT molecular complexity index is 327. The number of nitrogens with zero attached hydrogens (tertiary/aromatic N) is 2. The van der Waals surface area contributed by atoms with E-state index in [2.05, 4.69) is 24.3 Å². The van der Waals surface area contributed by atoms with Crippen molar-refractivity contribution in [2.45, 2.75) is 26.4 Å². The van der Waals surface area contributed by atoms with Crippen LogP contribution in [0, 0.1) is 0 Å². The van der Waals surface area contributed by atoms with Gasteiger partial charge in [-0.05, 0) is 12.0 Å². The lowest BCUT2D eigenvalue weighted by atomic mass is 10.1. The molecule has 0 spiro atoms. The van der Waals surface area contributed by atoms with Gasteiger partial charge in [0.05, 0.1) is 5.69 Å². The molecule has 1 aliphatic heterocycles. The van der Waals surface area contributed by atoms with E-state index in [1.165, 1.54) is 0 Å². The molecular weight excluding hydrogens is 154 g/mol. The second kappa shape index (κ2) is 2.33. The fourth-order valence-corrected chi connectivity index (χ4v) is 1.26. The number of rotatable bonds is 1. The maximum absolute atomic E-state index is 11.1. The minimum Gasteiger partial charge on any atom is -0.331 e. The first kappa shape index (κ1) is 7.34. The van der Waals surface area contributed by atoms with Gasteiger partial charge in [-0.2, -0.15) is 5.10 Å². The molecule has 0 aliphatic carbocycles. The van der Waals surface area contributed by atoms with Gasteiger partial charge < -0.3 is 5.32 Å². The Hall–Kier alpha value is -1.32. The predicted molar refractivity (Wildman–Crippen MR) is 43.8 cm³/mol. The number of carbonyl (C=O) groups excluding carboxylic acids is 1. The summed E-state index contributed by atoms with van der Waals surface area (Å²) in [5, 5.41) is 6.97. The second-order valence-electron chi connectivity index (χ2n) is 3.27. The van der Waals surface area contributed by atoms with Gasteiger partial charge in [-0.25, -0.2) is 4.68 Å². The van der Waals surface area contributed by atoms with Crippen LogP contribution in [0.25, 0.3) is 0 Å². The Labute approximate surface area is 70.6 Å². The molecule has 1 aliphatic rings. The van der Waals surface area contributed by atoms with E-state index in [4.69, 9.17) is 0 Å². The molecule has 1 aromatic heterocycles. The molecular formula is C8H11N3O. The molecule has 4 nitrogen and oxygen atoms in total. The first-order valence-electron chi connectivity index (χ1n) is 4.04. The third kappa shape index (κ3) is 0.913. The lowest BCUT2D eigenvalue weighted by Crippen LogP contribution is -2.14. The van der Waals surface area contributed by atoms with Crippen molar-refractivity contribution in [2.24, 2.45) is 0 Å². The quantitative estimate of drug-likeness (QED) is 0.666. The minimum absolute atomic E-state index is 0.0191. The van der Waals surface area contributed by atoms with Crippen LogP contribution in [0.1, 0.15) is 35.9 Å². The average Bonchev–Trinajstić information content (AvgIpc) is 2.53. The number of nitrogens with one attached hydrogen (secondary N) is 1. The minimum atomic E-state index is -0.0191. The van der Waals surface area contributed by atoms with Crippen LogP contribution in [-0.4, -0.2) is 15.7 Å². The normalized spacial score (nSPS) is 15.1. The summed E-state index contributed by atoms with van der Waals surface area (Å²) in [4.78, 5) is 11.1. The molecule has 12 heavy (non-hydrogen) atoms. The molecule has 1 N–H and O–H groups in total. The zero-order chi connectivity index (χ0) is 8.72. The monoisotopic (exact) mass is 165 g/mol. The maximum Gasteiger partial charge on any atom is 0.271 e. The number of aromatic nitrogens is 2. The van der Waals surface area contributed by atoms with E-state index in [1.54, 1.807) is 4.68 Å². The maximum atomic E-state index is 11.1. The van der Waals surface area contributed by atoms with Crippen LogP contribution in [0.15, 0.2) is 6.07 Å². The van der Waals surface area contributed by atoms with Crippen LogP contribution in [-0.2, 0) is 6.67 Å². The van der Waals surface area contributed by atoms with Gasteiger partial charge in [0.25, 0.3) is 5.91 Å². The van der Waals surface area contributed by atoms with Gasteiger partial charge in [0, 0.05) is 0 Å². The lowest BCUT2D eigenvalue weighted by Gasteiger charge is -1.97. The zero-order valence-electron chi connectivity index (χ0n) is 7.16. The van der Waals surface area contributed by atoms with Crippen molar-refractivity contribution in [3.05, 3.63) is 17.5 Å². The SMILES string of the molecule is CC(C)c1cc2n(n1)CNC2=O.